The van der Waals surface area contributed by atoms with Gasteiger partial charge in [0, 0.05) is 0 Å². The van der Waals surface area contributed by atoms with E-state index in [9.17, 15) is 19.2 Å². The Hall–Kier alpha value is -1.93. The molecule has 0 aliphatic heterocycles. The summed E-state index contributed by atoms with van der Waals surface area (Å²) in [7, 11) is 0. The zero-order valence-electron chi connectivity index (χ0n) is 13.3. The third kappa shape index (κ3) is 13.1. The van der Waals surface area contributed by atoms with E-state index >= 15 is 0 Å². The number of allylic oxidation sites excluding steroid dienone is 2. The van der Waals surface area contributed by atoms with Gasteiger partial charge < -0.3 is 0 Å². The first kappa shape index (κ1) is 23.1. The Bertz CT molecular complexity index is 564. The standard InChI is InChI=1S/C15H20N2O6S.Ni/c1-2-3-4-8-24-10-11(15(23)16-9-14(21)22)17-12(18)6-5-7-13(19)20;/h2-4,11H,1,5-7,9-10H2,(H,16,23)(H,17,18)(H,19,20)(H,21,22);/b4-3-;/t11-;/m0./s1. The van der Waals surface area contributed by atoms with Crippen molar-refractivity contribution >= 4 is 39.3 Å². The van der Waals surface area contributed by atoms with Crippen molar-refractivity contribution in [2.24, 2.45) is 0 Å². The van der Waals surface area contributed by atoms with Crippen LogP contribution in [-0.4, -0.2) is 56.1 Å². The van der Waals surface area contributed by atoms with Gasteiger partial charge in [-0.25, -0.2) is 0 Å². The van der Waals surface area contributed by atoms with Crippen molar-refractivity contribution in [1.82, 2.24) is 10.6 Å². The predicted octanol–water partition coefficient (Wildman–Crippen LogP) is 0.0790. The Labute approximate surface area is 157 Å². The molecule has 0 heterocycles. The molecule has 8 nitrogen and oxygen atoms in total. The molecule has 0 bridgehead atoms. The molecule has 0 aromatic carbocycles. The van der Waals surface area contributed by atoms with E-state index in [0.717, 1.165) is 11.8 Å². The van der Waals surface area contributed by atoms with Crippen LogP contribution in [0.15, 0.2) is 24.8 Å². The molecule has 0 aliphatic carbocycles. The van der Waals surface area contributed by atoms with Crippen LogP contribution < -0.4 is 10.6 Å². The molecule has 0 fully saturated rings. The van der Waals surface area contributed by atoms with E-state index in [2.05, 4.69) is 17.2 Å². The average molecular weight is 415 g/mol. The summed E-state index contributed by atoms with van der Waals surface area (Å²) in [5, 5.41) is 21.8. The number of amides is 2. The zero-order valence-corrected chi connectivity index (χ0v) is 15.1. The summed E-state index contributed by atoms with van der Waals surface area (Å²) in [6.45, 7) is 2.94. The summed E-state index contributed by atoms with van der Waals surface area (Å²) < 4.78 is 0.510. The third-order valence-corrected chi connectivity index (χ3v) is 4.08. The van der Waals surface area contributed by atoms with E-state index < -0.39 is 36.3 Å². The van der Waals surface area contributed by atoms with Gasteiger partial charge in [-0.15, -0.1) is 0 Å². The van der Waals surface area contributed by atoms with Crippen LogP contribution in [-0.2, 0) is 34.2 Å². The van der Waals surface area contributed by atoms with Crippen molar-refractivity contribution < 1.29 is 44.4 Å². The first-order valence-corrected chi connectivity index (χ1v) is 8.66. The summed E-state index contributed by atoms with van der Waals surface area (Å²) in [5.74, 6) is -3.25. The van der Waals surface area contributed by atoms with Crippen LogP contribution in [0, 0.1) is 0 Å². The molecule has 2 amide bonds. The maximum absolute atomic E-state index is 12.0. The number of thioether (sulfide) groups is 1. The van der Waals surface area contributed by atoms with Gasteiger partial charge in [-0.3, -0.25) is 0 Å². The number of carbonyl (C=O) groups excluding carboxylic acids is 2. The number of aliphatic carboxylic acids is 2. The second-order valence-corrected chi connectivity index (χ2v) is 6.54. The van der Waals surface area contributed by atoms with Crippen LogP contribution in [0.2, 0.25) is 0 Å². The third-order valence-electron chi connectivity index (χ3n) is 2.59. The van der Waals surface area contributed by atoms with E-state index in [-0.39, 0.29) is 25.0 Å². The molecule has 0 aromatic rings. The topological polar surface area (TPSA) is 133 Å². The summed E-state index contributed by atoms with van der Waals surface area (Å²) in [6.07, 6.45) is 4.73. The fourth-order valence-electron chi connectivity index (χ4n) is 1.48. The minimum atomic E-state index is -1.21. The molecule has 0 radical (unpaired) electrons. The first-order valence-electron chi connectivity index (χ1n) is 7.18. The minimum absolute atomic E-state index is 0.0525. The van der Waals surface area contributed by atoms with Crippen LogP contribution in [0.25, 0.3) is 0 Å². The molecule has 0 unspecified atom stereocenters. The van der Waals surface area contributed by atoms with E-state index in [1.54, 1.807) is 18.2 Å². The molecular weight excluding hydrogens is 395 g/mol. The van der Waals surface area contributed by atoms with E-state index in [0.29, 0.717) is 3.82 Å². The van der Waals surface area contributed by atoms with E-state index in [4.69, 9.17) is 25.2 Å². The molecule has 142 valence electrons. The molecule has 0 spiro atoms. The maximum atomic E-state index is 12.0. The van der Waals surface area contributed by atoms with Gasteiger partial charge in [0.05, 0.1) is 0 Å². The van der Waals surface area contributed by atoms with Gasteiger partial charge in [-0.05, 0) is 0 Å². The first-order chi connectivity index (χ1) is 11.8. The van der Waals surface area contributed by atoms with E-state index in [1.165, 1.54) is 0 Å². The van der Waals surface area contributed by atoms with Crippen LogP contribution in [0.1, 0.15) is 19.3 Å². The fourth-order valence-corrected chi connectivity index (χ4v) is 2.55. The Balaban J connectivity index is 4.67. The number of carboxylic acid groups (broad SMARTS) is 2. The average Bonchev–Trinajstić information content (AvgIpc) is 2.53. The second kappa shape index (κ2) is 13.4. The van der Waals surface area contributed by atoms with Crippen LogP contribution in [0.4, 0.5) is 0 Å². The quantitative estimate of drug-likeness (QED) is 0.247. The Morgan fingerprint density at radius 1 is 1.16 bits per heavy atom. The fraction of sp³-hybridized carbons (Fsp3) is 0.400. The molecule has 0 aliphatic rings. The SMILES string of the molecule is C=C/C=C\[C](=[Ni])SC[C@H](NC(=O)CCCC(=O)O)C(=O)NCC(=O)O. The van der Waals surface area contributed by atoms with Crippen LogP contribution >= 0.6 is 11.8 Å². The van der Waals surface area contributed by atoms with Gasteiger partial charge in [-0.1, -0.05) is 0 Å². The van der Waals surface area contributed by atoms with E-state index in [1.807, 2.05) is 0 Å². The zero-order chi connectivity index (χ0) is 19.2. The second-order valence-electron chi connectivity index (χ2n) is 4.66. The molecule has 0 saturated carbocycles. The number of hydrogen-bond acceptors (Lipinski definition) is 5. The summed E-state index contributed by atoms with van der Waals surface area (Å²) in [5.41, 5.74) is 0. The Morgan fingerprint density at radius 2 is 1.84 bits per heavy atom. The van der Waals surface area contributed by atoms with Crippen molar-refractivity contribution in [3.05, 3.63) is 24.8 Å². The van der Waals surface area contributed by atoms with Crippen molar-refractivity contribution in [2.45, 2.75) is 25.3 Å². The number of carbonyl (C=O) groups is 4. The molecule has 0 saturated heterocycles. The number of rotatable bonds is 13. The number of carboxylic acids is 2. The van der Waals surface area contributed by atoms with Crippen molar-refractivity contribution in [2.75, 3.05) is 12.3 Å². The van der Waals surface area contributed by atoms with Crippen LogP contribution in [0.5, 0.6) is 0 Å². The van der Waals surface area contributed by atoms with Crippen molar-refractivity contribution in [3.8, 4) is 0 Å². The van der Waals surface area contributed by atoms with Crippen LogP contribution in [0.3, 0.4) is 0 Å². The molecule has 0 aromatic heterocycles. The monoisotopic (exact) mass is 414 g/mol. The molecular formula is C15H20N2NiO6S. The normalized spacial score (nSPS) is 11.6. The molecule has 1 atom stereocenters. The van der Waals surface area contributed by atoms with Gasteiger partial charge in [-0.2, -0.15) is 0 Å². The Morgan fingerprint density at radius 3 is 2.40 bits per heavy atom. The van der Waals surface area contributed by atoms with Gasteiger partial charge in [0.1, 0.15) is 0 Å². The molecule has 10 heteroatoms. The van der Waals surface area contributed by atoms with Gasteiger partial charge >= 0.3 is 157 Å². The van der Waals surface area contributed by atoms with Gasteiger partial charge in [0.25, 0.3) is 0 Å². The number of nitrogens with one attached hydrogen (secondary N) is 2. The van der Waals surface area contributed by atoms with Gasteiger partial charge in [0.15, 0.2) is 0 Å². The number of hydrogen-bond donors (Lipinski definition) is 4. The van der Waals surface area contributed by atoms with Crippen molar-refractivity contribution in [3.63, 3.8) is 0 Å². The summed E-state index contributed by atoms with van der Waals surface area (Å²) in [6, 6.07) is -0.982. The predicted molar refractivity (Wildman–Crippen MR) is 90.9 cm³/mol. The van der Waals surface area contributed by atoms with Crippen molar-refractivity contribution in [1.29, 1.82) is 0 Å². The molecule has 0 rings (SSSR count). The molecule has 25 heavy (non-hydrogen) atoms. The Kier molecular flexibility index (Phi) is 12.3. The summed E-state index contributed by atoms with van der Waals surface area (Å²) in [4.78, 5) is 44.8. The molecule has 4 N–H and O–H groups in total. The summed E-state index contributed by atoms with van der Waals surface area (Å²) >= 11 is 5.90. The van der Waals surface area contributed by atoms with Gasteiger partial charge in [0.2, 0.25) is 0 Å².